The second-order valence-corrected chi connectivity index (χ2v) is 5.92. The number of hydrogen-bond acceptors (Lipinski definition) is 3. The van der Waals surface area contributed by atoms with Gasteiger partial charge in [0.2, 0.25) is 5.91 Å². The minimum absolute atomic E-state index is 0.126. The molecule has 0 heterocycles. The molecule has 7 heteroatoms. The Hall–Kier alpha value is -1.62. The fourth-order valence-corrected chi connectivity index (χ4v) is 2.45. The zero-order chi connectivity index (χ0) is 16.8. The molecule has 1 amide bonds. The van der Waals surface area contributed by atoms with E-state index in [2.05, 4.69) is 10.6 Å². The van der Waals surface area contributed by atoms with Crippen LogP contribution >= 0.6 is 34.8 Å². The highest BCUT2D eigenvalue weighted by atomic mass is 35.5. The molecular formula is C16H15Cl3N2O2. The van der Waals surface area contributed by atoms with E-state index >= 15 is 0 Å². The van der Waals surface area contributed by atoms with Crippen LogP contribution in [0.2, 0.25) is 15.1 Å². The van der Waals surface area contributed by atoms with Crippen LogP contribution in [-0.2, 0) is 4.79 Å². The molecule has 0 saturated carbocycles. The molecule has 0 aliphatic rings. The summed E-state index contributed by atoms with van der Waals surface area (Å²) in [6.07, 6.45) is 0.296. The zero-order valence-corrected chi connectivity index (χ0v) is 14.6. The molecule has 0 fully saturated rings. The van der Waals surface area contributed by atoms with Crippen LogP contribution < -0.4 is 15.4 Å². The monoisotopic (exact) mass is 372 g/mol. The fraction of sp³-hybridized carbons (Fsp3) is 0.188. The number of carbonyl (C=O) groups is 1. The first kappa shape index (κ1) is 17.7. The Morgan fingerprint density at radius 1 is 1.00 bits per heavy atom. The lowest BCUT2D eigenvalue weighted by Gasteiger charge is -2.09. The van der Waals surface area contributed by atoms with Crippen molar-refractivity contribution in [1.82, 2.24) is 0 Å². The lowest BCUT2D eigenvalue weighted by Crippen LogP contribution is -2.16. The fourth-order valence-electron chi connectivity index (χ4n) is 1.89. The second kappa shape index (κ2) is 8.29. The summed E-state index contributed by atoms with van der Waals surface area (Å²) in [6.45, 7) is 0.466. The van der Waals surface area contributed by atoms with Gasteiger partial charge in [-0.15, -0.1) is 0 Å². The van der Waals surface area contributed by atoms with Gasteiger partial charge in [0.15, 0.2) is 0 Å². The van der Waals surface area contributed by atoms with Crippen LogP contribution in [0, 0.1) is 0 Å². The van der Waals surface area contributed by atoms with E-state index in [0.29, 0.717) is 39.5 Å². The van der Waals surface area contributed by atoms with Crippen molar-refractivity contribution >= 4 is 52.1 Å². The molecule has 4 nitrogen and oxygen atoms in total. The molecule has 0 unspecified atom stereocenters. The second-order valence-electron chi connectivity index (χ2n) is 4.70. The lowest BCUT2D eigenvalue weighted by atomic mass is 10.2. The summed E-state index contributed by atoms with van der Waals surface area (Å²) in [4.78, 5) is 11.9. The number of hydrogen-bond donors (Lipinski definition) is 2. The van der Waals surface area contributed by atoms with E-state index in [0.717, 1.165) is 5.69 Å². The van der Waals surface area contributed by atoms with Gasteiger partial charge < -0.3 is 15.4 Å². The largest absolute Gasteiger partial charge is 0.495 e. The molecule has 2 N–H and O–H groups in total. The Balaban J connectivity index is 1.83. The van der Waals surface area contributed by atoms with Crippen LogP contribution in [0.3, 0.4) is 0 Å². The molecule has 2 aromatic rings. The molecule has 2 rings (SSSR count). The minimum atomic E-state index is -0.126. The number of halogens is 3. The Labute approximate surface area is 149 Å². The zero-order valence-electron chi connectivity index (χ0n) is 12.3. The van der Waals surface area contributed by atoms with Gasteiger partial charge >= 0.3 is 0 Å². The van der Waals surface area contributed by atoms with Crippen molar-refractivity contribution in [3.8, 4) is 5.75 Å². The lowest BCUT2D eigenvalue weighted by molar-refractivity contribution is -0.115. The maximum atomic E-state index is 11.9. The first-order valence-electron chi connectivity index (χ1n) is 6.82. The molecule has 0 aromatic heterocycles. The van der Waals surface area contributed by atoms with Crippen molar-refractivity contribution in [2.75, 3.05) is 24.3 Å². The average Bonchev–Trinajstić information content (AvgIpc) is 2.51. The van der Waals surface area contributed by atoms with Crippen molar-refractivity contribution in [2.24, 2.45) is 0 Å². The number of methoxy groups -OCH3 is 1. The molecule has 0 spiro atoms. The van der Waals surface area contributed by atoms with Crippen LogP contribution in [-0.4, -0.2) is 19.6 Å². The highest BCUT2D eigenvalue weighted by Crippen LogP contribution is 2.27. The van der Waals surface area contributed by atoms with Crippen LogP contribution in [0.1, 0.15) is 6.42 Å². The van der Waals surface area contributed by atoms with Crippen molar-refractivity contribution in [3.05, 3.63) is 51.5 Å². The van der Waals surface area contributed by atoms with E-state index in [1.54, 1.807) is 36.4 Å². The predicted octanol–water partition coefficient (Wildman–Crippen LogP) is 5.10. The molecule has 0 radical (unpaired) electrons. The quantitative estimate of drug-likeness (QED) is 0.741. The SMILES string of the molecule is COc1ccc(NC(=O)CCNc2ccc(Cl)c(Cl)c2)cc1Cl. The van der Waals surface area contributed by atoms with Gasteiger partial charge in [0.05, 0.1) is 22.2 Å². The summed E-state index contributed by atoms with van der Waals surface area (Å²) in [6, 6.07) is 10.3. The highest BCUT2D eigenvalue weighted by molar-refractivity contribution is 6.42. The Morgan fingerprint density at radius 3 is 2.35 bits per heavy atom. The van der Waals surface area contributed by atoms with Crippen LogP contribution in [0.5, 0.6) is 5.75 Å². The van der Waals surface area contributed by atoms with Gasteiger partial charge in [0.1, 0.15) is 5.75 Å². The highest BCUT2D eigenvalue weighted by Gasteiger charge is 2.06. The van der Waals surface area contributed by atoms with E-state index in [1.807, 2.05) is 0 Å². The Bertz CT molecular complexity index is 708. The number of benzene rings is 2. The van der Waals surface area contributed by atoms with E-state index in [1.165, 1.54) is 7.11 Å². The molecule has 0 aliphatic heterocycles. The molecule has 122 valence electrons. The molecule has 0 aliphatic carbocycles. The topological polar surface area (TPSA) is 50.4 Å². The minimum Gasteiger partial charge on any atom is -0.495 e. The Kier molecular flexibility index (Phi) is 6.39. The van der Waals surface area contributed by atoms with Gasteiger partial charge in [0.25, 0.3) is 0 Å². The van der Waals surface area contributed by atoms with Gasteiger partial charge in [0, 0.05) is 24.3 Å². The number of ether oxygens (including phenoxy) is 1. The van der Waals surface area contributed by atoms with Gasteiger partial charge in [-0.25, -0.2) is 0 Å². The maximum Gasteiger partial charge on any atom is 0.226 e. The van der Waals surface area contributed by atoms with Crippen molar-refractivity contribution in [1.29, 1.82) is 0 Å². The standard InChI is InChI=1S/C16H15Cl3N2O2/c1-23-15-5-3-11(9-14(15)19)21-16(22)6-7-20-10-2-4-12(17)13(18)8-10/h2-5,8-9,20H,6-7H2,1H3,(H,21,22). The molecular weight excluding hydrogens is 359 g/mol. The normalized spacial score (nSPS) is 10.3. The van der Waals surface area contributed by atoms with Crippen LogP contribution in [0.25, 0.3) is 0 Å². The van der Waals surface area contributed by atoms with E-state index < -0.39 is 0 Å². The summed E-state index contributed by atoms with van der Waals surface area (Å²) in [5, 5.41) is 7.29. The van der Waals surface area contributed by atoms with Gasteiger partial charge in [-0.3, -0.25) is 4.79 Å². The number of rotatable bonds is 6. The van der Waals surface area contributed by atoms with Crippen LogP contribution in [0.15, 0.2) is 36.4 Å². The molecule has 23 heavy (non-hydrogen) atoms. The molecule has 0 bridgehead atoms. The molecule has 0 atom stereocenters. The molecule has 0 saturated heterocycles. The third-order valence-corrected chi connectivity index (χ3v) is 4.07. The number of amides is 1. The van der Waals surface area contributed by atoms with Crippen molar-refractivity contribution in [3.63, 3.8) is 0 Å². The summed E-state index contributed by atoms with van der Waals surface area (Å²) in [7, 11) is 1.54. The van der Waals surface area contributed by atoms with E-state index in [4.69, 9.17) is 39.5 Å². The van der Waals surface area contributed by atoms with Gasteiger partial charge in [-0.1, -0.05) is 34.8 Å². The van der Waals surface area contributed by atoms with Crippen molar-refractivity contribution in [2.45, 2.75) is 6.42 Å². The summed E-state index contributed by atoms with van der Waals surface area (Å²) < 4.78 is 5.06. The maximum absolute atomic E-state index is 11.9. The summed E-state index contributed by atoms with van der Waals surface area (Å²) in [5.74, 6) is 0.435. The van der Waals surface area contributed by atoms with Crippen LogP contribution in [0.4, 0.5) is 11.4 Å². The third-order valence-electron chi connectivity index (χ3n) is 3.04. The predicted molar refractivity (Wildman–Crippen MR) is 96.2 cm³/mol. The van der Waals surface area contributed by atoms with E-state index in [9.17, 15) is 4.79 Å². The number of carbonyl (C=O) groups excluding carboxylic acids is 1. The van der Waals surface area contributed by atoms with Gasteiger partial charge in [-0.05, 0) is 36.4 Å². The smallest absolute Gasteiger partial charge is 0.226 e. The Morgan fingerprint density at radius 2 is 1.70 bits per heavy atom. The first-order valence-corrected chi connectivity index (χ1v) is 7.95. The average molecular weight is 374 g/mol. The summed E-state index contributed by atoms with van der Waals surface area (Å²) >= 11 is 17.8. The number of anilines is 2. The van der Waals surface area contributed by atoms with Gasteiger partial charge in [-0.2, -0.15) is 0 Å². The number of nitrogens with one attached hydrogen (secondary N) is 2. The molecule has 2 aromatic carbocycles. The first-order chi connectivity index (χ1) is 11.0. The van der Waals surface area contributed by atoms with Crippen molar-refractivity contribution < 1.29 is 9.53 Å². The summed E-state index contributed by atoms with van der Waals surface area (Å²) in [5.41, 5.74) is 1.43. The van der Waals surface area contributed by atoms with E-state index in [-0.39, 0.29) is 5.91 Å². The third kappa shape index (κ3) is 5.20.